The maximum absolute atomic E-state index is 6.23. The summed E-state index contributed by atoms with van der Waals surface area (Å²) in [6.45, 7) is 3.47. The van der Waals surface area contributed by atoms with Crippen LogP contribution in [0.4, 0.5) is 0 Å². The molecule has 0 atom stereocenters. The van der Waals surface area contributed by atoms with Gasteiger partial charge in [0.2, 0.25) is 0 Å². The van der Waals surface area contributed by atoms with Gasteiger partial charge in [0.25, 0.3) is 0 Å². The molecular weight excluding hydrogens is 298 g/mol. The first-order valence-corrected chi connectivity index (χ1v) is 7.49. The van der Waals surface area contributed by atoms with E-state index in [1.165, 1.54) is 5.56 Å². The van der Waals surface area contributed by atoms with Gasteiger partial charge in [-0.05, 0) is 24.6 Å². The van der Waals surface area contributed by atoms with Crippen molar-refractivity contribution in [1.29, 1.82) is 0 Å². The van der Waals surface area contributed by atoms with Crippen molar-refractivity contribution in [2.75, 3.05) is 0 Å². The van der Waals surface area contributed by atoms with Gasteiger partial charge in [0, 0.05) is 43.8 Å². The Bertz CT molecular complexity index is 744. The van der Waals surface area contributed by atoms with Gasteiger partial charge >= 0.3 is 0 Å². The lowest BCUT2D eigenvalue weighted by atomic mass is 10.2. The smallest absolute Gasteiger partial charge is 0.131 e. The van der Waals surface area contributed by atoms with Gasteiger partial charge in [-0.15, -0.1) is 0 Å². The van der Waals surface area contributed by atoms with Gasteiger partial charge in [-0.3, -0.25) is 4.68 Å². The molecule has 2 aromatic heterocycles. The molecule has 0 aliphatic heterocycles. The lowest BCUT2D eigenvalue weighted by Gasteiger charge is -2.07. The van der Waals surface area contributed by atoms with Gasteiger partial charge in [-0.2, -0.15) is 5.10 Å². The molecule has 3 rings (SSSR count). The van der Waals surface area contributed by atoms with Crippen LogP contribution in [0.1, 0.15) is 16.8 Å². The SMILES string of the molecule is Cc1nn(C)c(Cl)c1CNCc1ccc(-n2ccnc2)cc1. The molecule has 0 unspecified atom stereocenters. The van der Waals surface area contributed by atoms with Crippen LogP contribution in [-0.4, -0.2) is 19.3 Å². The number of hydrogen-bond acceptors (Lipinski definition) is 3. The van der Waals surface area contributed by atoms with Crippen LogP contribution in [0, 0.1) is 6.92 Å². The van der Waals surface area contributed by atoms with Crippen LogP contribution >= 0.6 is 11.6 Å². The molecule has 3 aromatic rings. The number of benzene rings is 1. The molecule has 0 spiro atoms. The molecule has 0 bridgehead atoms. The highest BCUT2D eigenvalue weighted by Crippen LogP contribution is 2.18. The number of hydrogen-bond donors (Lipinski definition) is 1. The number of rotatable bonds is 5. The number of nitrogens with zero attached hydrogens (tertiary/aromatic N) is 4. The molecule has 1 aromatic carbocycles. The van der Waals surface area contributed by atoms with E-state index in [9.17, 15) is 0 Å². The van der Waals surface area contributed by atoms with Crippen molar-refractivity contribution < 1.29 is 0 Å². The van der Waals surface area contributed by atoms with E-state index in [2.05, 4.69) is 39.7 Å². The first-order valence-electron chi connectivity index (χ1n) is 7.11. The van der Waals surface area contributed by atoms with Crippen molar-refractivity contribution in [3.63, 3.8) is 0 Å². The number of aryl methyl sites for hydroxylation is 2. The molecule has 0 saturated carbocycles. The lowest BCUT2D eigenvalue weighted by Crippen LogP contribution is -2.13. The predicted molar refractivity (Wildman–Crippen MR) is 87.1 cm³/mol. The van der Waals surface area contributed by atoms with Gasteiger partial charge in [0.15, 0.2) is 0 Å². The zero-order chi connectivity index (χ0) is 15.5. The summed E-state index contributed by atoms with van der Waals surface area (Å²) < 4.78 is 3.68. The fraction of sp³-hybridized carbons (Fsp3) is 0.250. The molecular formula is C16H18ClN5. The lowest BCUT2D eigenvalue weighted by molar-refractivity contribution is 0.690. The molecule has 1 N–H and O–H groups in total. The summed E-state index contributed by atoms with van der Waals surface area (Å²) >= 11 is 6.23. The second-order valence-electron chi connectivity index (χ2n) is 5.22. The summed E-state index contributed by atoms with van der Waals surface area (Å²) in [6.07, 6.45) is 5.50. The van der Waals surface area contributed by atoms with Gasteiger partial charge < -0.3 is 9.88 Å². The van der Waals surface area contributed by atoms with Crippen molar-refractivity contribution in [3.05, 3.63) is 65.0 Å². The van der Waals surface area contributed by atoms with Gasteiger partial charge in [-0.25, -0.2) is 4.98 Å². The first kappa shape index (κ1) is 14.8. The third-order valence-electron chi connectivity index (χ3n) is 3.64. The van der Waals surface area contributed by atoms with E-state index < -0.39 is 0 Å². The van der Waals surface area contributed by atoms with E-state index in [1.807, 2.05) is 24.7 Å². The van der Waals surface area contributed by atoms with E-state index in [-0.39, 0.29) is 0 Å². The Morgan fingerprint density at radius 3 is 2.55 bits per heavy atom. The fourth-order valence-electron chi connectivity index (χ4n) is 2.40. The number of halogens is 1. The standard InChI is InChI=1S/C16H18ClN5/c1-12-15(16(17)21(2)20-12)10-19-9-13-3-5-14(6-4-13)22-8-7-18-11-22/h3-8,11,19H,9-10H2,1-2H3. The van der Waals surface area contributed by atoms with Crippen LogP contribution in [0.2, 0.25) is 5.15 Å². The van der Waals surface area contributed by atoms with Gasteiger partial charge in [-0.1, -0.05) is 23.7 Å². The van der Waals surface area contributed by atoms with Crippen molar-refractivity contribution in [2.45, 2.75) is 20.0 Å². The molecule has 0 aliphatic carbocycles. The second kappa shape index (κ2) is 6.34. The largest absolute Gasteiger partial charge is 0.308 e. The monoisotopic (exact) mass is 315 g/mol. The molecule has 22 heavy (non-hydrogen) atoms. The molecule has 0 fully saturated rings. The second-order valence-corrected chi connectivity index (χ2v) is 5.58. The topological polar surface area (TPSA) is 47.7 Å². The van der Waals surface area contributed by atoms with E-state index in [4.69, 9.17) is 11.6 Å². The Balaban J connectivity index is 1.60. The van der Waals surface area contributed by atoms with Crippen molar-refractivity contribution >= 4 is 11.6 Å². The Morgan fingerprint density at radius 1 is 1.18 bits per heavy atom. The van der Waals surface area contributed by atoms with Gasteiger partial charge in [0.05, 0.1) is 12.0 Å². The summed E-state index contributed by atoms with van der Waals surface area (Å²) in [7, 11) is 1.85. The maximum atomic E-state index is 6.23. The molecule has 0 saturated heterocycles. The van der Waals surface area contributed by atoms with E-state index in [0.29, 0.717) is 11.7 Å². The van der Waals surface area contributed by atoms with Gasteiger partial charge in [0.1, 0.15) is 5.15 Å². The molecule has 0 aliphatic rings. The minimum absolute atomic E-state index is 0.695. The summed E-state index contributed by atoms with van der Waals surface area (Å²) in [5.41, 5.74) is 4.35. The first-order chi connectivity index (χ1) is 10.6. The number of imidazole rings is 1. The molecule has 0 amide bonds. The van der Waals surface area contributed by atoms with Crippen LogP contribution in [0.15, 0.2) is 43.0 Å². The van der Waals surface area contributed by atoms with Crippen LogP contribution in [0.5, 0.6) is 0 Å². The average Bonchev–Trinajstić information content (AvgIpc) is 3.12. The van der Waals surface area contributed by atoms with Crippen LogP contribution in [-0.2, 0) is 20.1 Å². The summed E-state index contributed by atoms with van der Waals surface area (Å²) in [4.78, 5) is 4.05. The Kier molecular flexibility index (Phi) is 4.27. The van der Waals surface area contributed by atoms with Crippen molar-refractivity contribution in [2.24, 2.45) is 7.05 Å². The van der Waals surface area contributed by atoms with Crippen LogP contribution in [0.25, 0.3) is 5.69 Å². The fourth-order valence-corrected chi connectivity index (χ4v) is 2.65. The molecule has 2 heterocycles. The third-order valence-corrected chi connectivity index (χ3v) is 4.11. The zero-order valence-electron chi connectivity index (χ0n) is 12.6. The quantitative estimate of drug-likeness (QED) is 0.787. The van der Waals surface area contributed by atoms with E-state index >= 15 is 0 Å². The average molecular weight is 316 g/mol. The minimum atomic E-state index is 0.695. The highest BCUT2D eigenvalue weighted by atomic mass is 35.5. The maximum Gasteiger partial charge on any atom is 0.131 e. The third kappa shape index (κ3) is 3.05. The highest BCUT2D eigenvalue weighted by Gasteiger charge is 2.10. The number of nitrogens with one attached hydrogen (secondary N) is 1. The van der Waals surface area contributed by atoms with Crippen LogP contribution < -0.4 is 5.32 Å². The van der Waals surface area contributed by atoms with E-state index in [1.54, 1.807) is 17.2 Å². The molecule has 5 nitrogen and oxygen atoms in total. The van der Waals surface area contributed by atoms with Crippen molar-refractivity contribution in [1.82, 2.24) is 24.6 Å². The summed E-state index contributed by atoms with van der Waals surface area (Å²) in [5, 5.41) is 8.42. The van der Waals surface area contributed by atoms with E-state index in [0.717, 1.165) is 23.5 Å². The minimum Gasteiger partial charge on any atom is -0.308 e. The predicted octanol–water partition coefficient (Wildman–Crippen LogP) is 2.86. The van der Waals surface area contributed by atoms with Crippen molar-refractivity contribution in [3.8, 4) is 5.69 Å². The Hall–Kier alpha value is -2.11. The Morgan fingerprint density at radius 2 is 1.95 bits per heavy atom. The normalized spacial score (nSPS) is 11.0. The zero-order valence-corrected chi connectivity index (χ0v) is 13.4. The Labute approximate surface area is 134 Å². The summed E-state index contributed by atoms with van der Waals surface area (Å²) in [5.74, 6) is 0. The molecule has 114 valence electrons. The highest BCUT2D eigenvalue weighted by molar-refractivity contribution is 6.30. The number of aromatic nitrogens is 4. The summed E-state index contributed by atoms with van der Waals surface area (Å²) in [6, 6.07) is 8.39. The molecule has 0 radical (unpaired) electrons. The molecule has 6 heteroatoms. The van der Waals surface area contributed by atoms with Crippen LogP contribution in [0.3, 0.4) is 0 Å².